The highest BCUT2D eigenvalue weighted by molar-refractivity contribution is 14.0. The van der Waals surface area contributed by atoms with Crippen LogP contribution in [0.3, 0.4) is 0 Å². The molecule has 1 amide bonds. The Kier molecular flexibility index (Phi) is 12.6. The van der Waals surface area contributed by atoms with Gasteiger partial charge in [-0.2, -0.15) is 8.78 Å². The van der Waals surface area contributed by atoms with Gasteiger partial charge in [-0.05, 0) is 31.7 Å². The molecule has 0 aliphatic heterocycles. The molecular formula is C20H31F2IN4O2. The number of hydrogen-bond acceptors (Lipinski definition) is 3. The molecule has 3 N–H and O–H groups in total. The van der Waals surface area contributed by atoms with Gasteiger partial charge in [0.15, 0.2) is 5.96 Å². The summed E-state index contributed by atoms with van der Waals surface area (Å²) in [7, 11) is 0. The molecule has 29 heavy (non-hydrogen) atoms. The van der Waals surface area contributed by atoms with Crippen molar-refractivity contribution in [2.45, 2.75) is 52.2 Å². The zero-order chi connectivity index (χ0) is 20.2. The summed E-state index contributed by atoms with van der Waals surface area (Å²) in [6.45, 7) is 0.957. The van der Waals surface area contributed by atoms with Gasteiger partial charge in [0.1, 0.15) is 5.75 Å². The smallest absolute Gasteiger partial charge is 0.387 e. The molecule has 0 atom stereocenters. The van der Waals surface area contributed by atoms with E-state index < -0.39 is 6.61 Å². The maximum absolute atomic E-state index is 12.5. The maximum atomic E-state index is 12.5. The summed E-state index contributed by atoms with van der Waals surface area (Å²) in [4.78, 5) is 16.4. The lowest BCUT2D eigenvalue weighted by molar-refractivity contribution is -0.121. The molecule has 1 aromatic carbocycles. The minimum absolute atomic E-state index is 0. The first-order valence-corrected chi connectivity index (χ1v) is 9.90. The third-order valence-electron chi connectivity index (χ3n) is 4.63. The fourth-order valence-electron chi connectivity index (χ4n) is 3.28. The van der Waals surface area contributed by atoms with Crippen LogP contribution in [0.1, 0.15) is 44.6 Å². The number of ether oxygens (including phenoxy) is 1. The quantitative estimate of drug-likeness (QED) is 0.189. The number of amides is 1. The Balaban J connectivity index is 0.00000420. The van der Waals surface area contributed by atoms with Gasteiger partial charge < -0.3 is 20.7 Å². The number of guanidine groups is 1. The zero-order valence-corrected chi connectivity index (χ0v) is 19.1. The molecule has 1 aliphatic rings. The van der Waals surface area contributed by atoms with Gasteiger partial charge in [0, 0.05) is 31.6 Å². The zero-order valence-electron chi connectivity index (χ0n) is 16.8. The number of carbonyl (C=O) groups excluding carboxylic acids is 1. The first kappa shape index (κ1) is 25.4. The van der Waals surface area contributed by atoms with Crippen LogP contribution in [0.2, 0.25) is 0 Å². The monoisotopic (exact) mass is 524 g/mol. The minimum atomic E-state index is -2.87. The molecule has 0 spiro atoms. The van der Waals surface area contributed by atoms with Gasteiger partial charge in [0.2, 0.25) is 5.91 Å². The molecule has 1 saturated carbocycles. The standard InChI is InChI=1S/C20H30F2N4O2.HI/c1-2-23-20(25-12-11-24-18(27)13-15-7-3-4-8-15)26-14-16-9-5-6-10-17(16)28-19(21)22;/h5-6,9-10,15,19H,2-4,7-8,11-14H2,1H3,(H,24,27)(H2,23,25,26);1H. The Morgan fingerprint density at radius 3 is 2.55 bits per heavy atom. The largest absolute Gasteiger partial charge is 0.434 e. The number of benzene rings is 1. The molecule has 0 heterocycles. The fourth-order valence-corrected chi connectivity index (χ4v) is 3.28. The highest BCUT2D eigenvalue weighted by Crippen LogP contribution is 2.27. The molecule has 9 heteroatoms. The van der Waals surface area contributed by atoms with Crippen molar-refractivity contribution in [3.05, 3.63) is 29.8 Å². The Labute approximate surface area is 188 Å². The van der Waals surface area contributed by atoms with E-state index in [9.17, 15) is 13.6 Å². The average molecular weight is 524 g/mol. The fraction of sp³-hybridized carbons (Fsp3) is 0.600. The van der Waals surface area contributed by atoms with E-state index in [4.69, 9.17) is 0 Å². The number of nitrogens with zero attached hydrogens (tertiary/aromatic N) is 1. The molecule has 0 bridgehead atoms. The summed E-state index contributed by atoms with van der Waals surface area (Å²) < 4.78 is 29.5. The first-order chi connectivity index (χ1) is 13.6. The number of nitrogens with one attached hydrogen (secondary N) is 3. The first-order valence-electron chi connectivity index (χ1n) is 9.90. The molecule has 1 aromatic rings. The van der Waals surface area contributed by atoms with E-state index in [1.807, 2.05) is 6.92 Å². The summed E-state index contributed by atoms with van der Waals surface area (Å²) in [5, 5.41) is 9.16. The highest BCUT2D eigenvalue weighted by Gasteiger charge is 2.18. The van der Waals surface area contributed by atoms with Crippen molar-refractivity contribution in [1.82, 2.24) is 16.0 Å². The van der Waals surface area contributed by atoms with Gasteiger partial charge in [-0.25, -0.2) is 4.99 Å². The van der Waals surface area contributed by atoms with E-state index >= 15 is 0 Å². The van der Waals surface area contributed by atoms with Crippen LogP contribution in [0.5, 0.6) is 5.75 Å². The summed E-state index contributed by atoms with van der Waals surface area (Å²) in [5.41, 5.74) is 0.574. The van der Waals surface area contributed by atoms with E-state index in [2.05, 4.69) is 25.7 Å². The predicted molar refractivity (Wildman–Crippen MR) is 121 cm³/mol. The minimum Gasteiger partial charge on any atom is -0.434 e. The van der Waals surface area contributed by atoms with Crippen molar-refractivity contribution >= 4 is 35.8 Å². The van der Waals surface area contributed by atoms with Gasteiger partial charge in [-0.3, -0.25) is 4.79 Å². The number of halogens is 3. The molecule has 0 unspecified atom stereocenters. The van der Waals surface area contributed by atoms with Crippen LogP contribution >= 0.6 is 24.0 Å². The molecule has 0 saturated heterocycles. The van der Waals surface area contributed by atoms with Crippen LogP contribution in [-0.2, 0) is 11.3 Å². The molecule has 2 rings (SSSR count). The summed E-state index contributed by atoms with van der Waals surface area (Å²) in [6, 6.07) is 6.59. The molecule has 1 fully saturated rings. The predicted octanol–water partition coefficient (Wildman–Crippen LogP) is 3.66. The Bertz CT molecular complexity index is 641. The van der Waals surface area contributed by atoms with Crippen molar-refractivity contribution < 1.29 is 18.3 Å². The van der Waals surface area contributed by atoms with Gasteiger partial charge in [0.05, 0.1) is 6.54 Å². The Hall–Kier alpha value is -1.65. The molecule has 6 nitrogen and oxygen atoms in total. The lowest BCUT2D eigenvalue weighted by atomic mass is 10.0. The third kappa shape index (κ3) is 10.1. The second kappa shape index (κ2) is 14.4. The van der Waals surface area contributed by atoms with E-state index in [-0.39, 0.29) is 42.2 Å². The van der Waals surface area contributed by atoms with Crippen LogP contribution in [0.25, 0.3) is 0 Å². The van der Waals surface area contributed by atoms with Gasteiger partial charge in [-0.1, -0.05) is 31.0 Å². The van der Waals surface area contributed by atoms with Crippen molar-refractivity contribution in [2.24, 2.45) is 10.9 Å². The lowest BCUT2D eigenvalue weighted by Crippen LogP contribution is -2.41. The summed E-state index contributed by atoms with van der Waals surface area (Å²) in [6.07, 6.45) is 5.37. The number of alkyl halides is 2. The van der Waals surface area contributed by atoms with Crippen LogP contribution < -0.4 is 20.7 Å². The van der Waals surface area contributed by atoms with E-state index in [0.717, 1.165) is 12.8 Å². The lowest BCUT2D eigenvalue weighted by Gasteiger charge is -2.14. The number of rotatable bonds is 10. The van der Waals surface area contributed by atoms with Crippen LogP contribution in [0.4, 0.5) is 8.78 Å². The van der Waals surface area contributed by atoms with Crippen LogP contribution in [-0.4, -0.2) is 38.1 Å². The molecule has 0 aromatic heterocycles. The topological polar surface area (TPSA) is 74.8 Å². The van der Waals surface area contributed by atoms with E-state index in [1.54, 1.807) is 18.2 Å². The third-order valence-corrected chi connectivity index (χ3v) is 4.63. The molecule has 164 valence electrons. The Morgan fingerprint density at radius 1 is 1.17 bits per heavy atom. The van der Waals surface area contributed by atoms with Crippen LogP contribution in [0, 0.1) is 5.92 Å². The SMILES string of the molecule is CCNC(=NCc1ccccc1OC(F)F)NCCNC(=O)CC1CCCC1.I. The summed E-state index contributed by atoms with van der Waals surface area (Å²) >= 11 is 0. The number of hydrogen-bond donors (Lipinski definition) is 3. The van der Waals surface area contributed by atoms with Gasteiger partial charge in [0.25, 0.3) is 0 Å². The number of aliphatic imine (C=N–C) groups is 1. The molecular weight excluding hydrogens is 493 g/mol. The maximum Gasteiger partial charge on any atom is 0.387 e. The molecule has 0 radical (unpaired) electrons. The number of para-hydroxylation sites is 1. The average Bonchev–Trinajstić information content (AvgIpc) is 3.16. The van der Waals surface area contributed by atoms with Crippen molar-refractivity contribution in [3.8, 4) is 5.75 Å². The van der Waals surface area contributed by atoms with Crippen LogP contribution in [0.15, 0.2) is 29.3 Å². The van der Waals surface area contributed by atoms with E-state index in [1.165, 1.54) is 18.9 Å². The molecule has 1 aliphatic carbocycles. The van der Waals surface area contributed by atoms with E-state index in [0.29, 0.717) is 43.5 Å². The highest BCUT2D eigenvalue weighted by atomic mass is 127. The number of carbonyl (C=O) groups is 1. The second-order valence-electron chi connectivity index (χ2n) is 6.81. The van der Waals surface area contributed by atoms with Crippen molar-refractivity contribution in [1.29, 1.82) is 0 Å². The van der Waals surface area contributed by atoms with Crippen molar-refractivity contribution in [3.63, 3.8) is 0 Å². The van der Waals surface area contributed by atoms with Gasteiger partial charge in [-0.15, -0.1) is 24.0 Å². The summed E-state index contributed by atoms with van der Waals surface area (Å²) in [5.74, 6) is 1.30. The second-order valence-corrected chi connectivity index (χ2v) is 6.81. The normalized spacial score (nSPS) is 14.4. The van der Waals surface area contributed by atoms with Gasteiger partial charge >= 0.3 is 6.61 Å². The van der Waals surface area contributed by atoms with Crippen molar-refractivity contribution in [2.75, 3.05) is 19.6 Å². The Morgan fingerprint density at radius 2 is 1.86 bits per heavy atom.